The van der Waals surface area contributed by atoms with Gasteiger partial charge < -0.3 is 20.1 Å². The van der Waals surface area contributed by atoms with E-state index >= 15 is 0 Å². The maximum absolute atomic E-state index is 12.4. The second kappa shape index (κ2) is 10.0. The first-order valence-electron chi connectivity index (χ1n) is 7.66. The summed E-state index contributed by atoms with van der Waals surface area (Å²) >= 11 is 0. The highest BCUT2D eigenvalue weighted by Gasteiger charge is 2.28. The van der Waals surface area contributed by atoms with E-state index in [1.807, 2.05) is 13.0 Å². The SMILES string of the molecule is CCNC(=NCc1ccc(C)cc1OCC(F)(F)F)NCCOC. The lowest BCUT2D eigenvalue weighted by Crippen LogP contribution is -2.38. The van der Waals surface area contributed by atoms with Crippen molar-refractivity contribution in [1.29, 1.82) is 0 Å². The molecule has 0 aliphatic rings. The molecular weight excluding hydrogens is 323 g/mol. The zero-order valence-corrected chi connectivity index (χ0v) is 14.2. The highest BCUT2D eigenvalue weighted by Crippen LogP contribution is 2.24. The maximum atomic E-state index is 12.4. The summed E-state index contributed by atoms with van der Waals surface area (Å²) in [5, 5.41) is 6.13. The lowest BCUT2D eigenvalue weighted by Gasteiger charge is -2.14. The first-order valence-corrected chi connectivity index (χ1v) is 7.66. The molecule has 0 saturated carbocycles. The number of ether oxygens (including phenoxy) is 2. The number of guanidine groups is 1. The smallest absolute Gasteiger partial charge is 0.422 e. The van der Waals surface area contributed by atoms with E-state index in [1.165, 1.54) is 0 Å². The van der Waals surface area contributed by atoms with Crippen LogP contribution in [0.3, 0.4) is 0 Å². The highest BCUT2D eigenvalue weighted by molar-refractivity contribution is 5.79. The van der Waals surface area contributed by atoms with Gasteiger partial charge in [-0.05, 0) is 25.5 Å². The van der Waals surface area contributed by atoms with E-state index in [9.17, 15) is 13.2 Å². The van der Waals surface area contributed by atoms with Gasteiger partial charge in [-0.1, -0.05) is 12.1 Å². The first-order chi connectivity index (χ1) is 11.4. The fourth-order valence-electron chi connectivity index (χ4n) is 1.86. The van der Waals surface area contributed by atoms with Gasteiger partial charge >= 0.3 is 6.18 Å². The highest BCUT2D eigenvalue weighted by atomic mass is 19.4. The van der Waals surface area contributed by atoms with Crippen LogP contribution in [0.15, 0.2) is 23.2 Å². The molecule has 136 valence electrons. The van der Waals surface area contributed by atoms with E-state index in [2.05, 4.69) is 15.6 Å². The Morgan fingerprint density at radius 3 is 2.62 bits per heavy atom. The third kappa shape index (κ3) is 8.05. The number of halogens is 3. The molecule has 0 spiro atoms. The van der Waals surface area contributed by atoms with Crippen molar-refractivity contribution in [2.45, 2.75) is 26.6 Å². The van der Waals surface area contributed by atoms with Gasteiger partial charge in [0.2, 0.25) is 0 Å². The van der Waals surface area contributed by atoms with Gasteiger partial charge in [0.15, 0.2) is 12.6 Å². The predicted octanol–water partition coefficient (Wildman–Crippen LogP) is 2.64. The van der Waals surface area contributed by atoms with Crippen molar-refractivity contribution in [2.24, 2.45) is 4.99 Å². The molecule has 0 heterocycles. The van der Waals surface area contributed by atoms with Crippen molar-refractivity contribution >= 4 is 5.96 Å². The number of hydrogen-bond acceptors (Lipinski definition) is 3. The van der Waals surface area contributed by atoms with Crippen molar-refractivity contribution in [2.75, 3.05) is 33.4 Å². The molecule has 0 aliphatic heterocycles. The summed E-state index contributed by atoms with van der Waals surface area (Å²) in [5.41, 5.74) is 1.42. The molecule has 1 aromatic carbocycles. The quantitative estimate of drug-likeness (QED) is 0.431. The molecule has 1 rings (SSSR count). The Kier molecular flexibility index (Phi) is 8.39. The number of benzene rings is 1. The average Bonchev–Trinajstić information content (AvgIpc) is 2.51. The summed E-state index contributed by atoms with van der Waals surface area (Å²) in [4.78, 5) is 4.37. The Morgan fingerprint density at radius 1 is 1.25 bits per heavy atom. The molecular formula is C16H24F3N3O2. The van der Waals surface area contributed by atoms with Crippen LogP contribution in [0.1, 0.15) is 18.1 Å². The fourth-order valence-corrected chi connectivity index (χ4v) is 1.86. The van der Waals surface area contributed by atoms with Crippen LogP contribution in [0.2, 0.25) is 0 Å². The molecule has 0 unspecified atom stereocenters. The Bertz CT molecular complexity index is 534. The standard InChI is InChI=1S/C16H24F3N3O2/c1-4-20-15(21-7-8-23-3)22-10-13-6-5-12(2)9-14(13)24-11-16(17,18)19/h5-6,9H,4,7-8,10-11H2,1-3H3,(H2,20,21,22). The third-order valence-electron chi connectivity index (χ3n) is 2.96. The fraction of sp³-hybridized carbons (Fsp3) is 0.562. The van der Waals surface area contributed by atoms with Crippen molar-refractivity contribution < 1.29 is 22.6 Å². The minimum Gasteiger partial charge on any atom is -0.484 e. The van der Waals surface area contributed by atoms with Crippen LogP contribution < -0.4 is 15.4 Å². The second-order valence-electron chi connectivity index (χ2n) is 5.13. The van der Waals surface area contributed by atoms with E-state index in [0.717, 1.165) is 5.56 Å². The Morgan fingerprint density at radius 2 is 2.00 bits per heavy atom. The van der Waals surface area contributed by atoms with Gasteiger partial charge in [0, 0.05) is 25.8 Å². The third-order valence-corrected chi connectivity index (χ3v) is 2.96. The minimum atomic E-state index is -4.37. The molecule has 0 fully saturated rings. The van der Waals surface area contributed by atoms with E-state index in [-0.39, 0.29) is 12.3 Å². The number of rotatable bonds is 8. The normalized spacial score (nSPS) is 12.2. The van der Waals surface area contributed by atoms with E-state index in [4.69, 9.17) is 9.47 Å². The molecule has 0 radical (unpaired) electrons. The lowest BCUT2D eigenvalue weighted by molar-refractivity contribution is -0.153. The van der Waals surface area contributed by atoms with Crippen LogP contribution in [0, 0.1) is 6.92 Å². The molecule has 5 nitrogen and oxygen atoms in total. The molecule has 8 heteroatoms. The topological polar surface area (TPSA) is 54.9 Å². The number of aliphatic imine (C=N–C) groups is 1. The van der Waals surface area contributed by atoms with Crippen LogP contribution in [-0.4, -0.2) is 45.5 Å². The summed E-state index contributed by atoms with van der Waals surface area (Å²) in [5.74, 6) is 0.765. The number of methoxy groups -OCH3 is 1. The number of alkyl halides is 3. The van der Waals surface area contributed by atoms with E-state index in [0.29, 0.717) is 31.2 Å². The maximum Gasteiger partial charge on any atom is 0.422 e. The number of hydrogen-bond donors (Lipinski definition) is 2. The molecule has 1 aromatic rings. The zero-order valence-electron chi connectivity index (χ0n) is 14.2. The first kappa shape index (κ1) is 20.1. The van der Waals surface area contributed by atoms with Gasteiger partial charge in [0.1, 0.15) is 5.75 Å². The van der Waals surface area contributed by atoms with Gasteiger partial charge in [0.05, 0.1) is 13.2 Å². The monoisotopic (exact) mass is 347 g/mol. The van der Waals surface area contributed by atoms with E-state index < -0.39 is 12.8 Å². The largest absolute Gasteiger partial charge is 0.484 e. The molecule has 0 aliphatic carbocycles. The summed E-state index contributed by atoms with van der Waals surface area (Å²) < 4.78 is 47.0. The molecule has 0 bridgehead atoms. The second-order valence-corrected chi connectivity index (χ2v) is 5.13. The van der Waals surface area contributed by atoms with Crippen LogP contribution in [0.25, 0.3) is 0 Å². The van der Waals surface area contributed by atoms with Crippen molar-refractivity contribution in [1.82, 2.24) is 10.6 Å². The minimum absolute atomic E-state index is 0.198. The molecule has 24 heavy (non-hydrogen) atoms. The van der Waals surface area contributed by atoms with Crippen LogP contribution in [0.4, 0.5) is 13.2 Å². The van der Waals surface area contributed by atoms with Crippen LogP contribution in [0.5, 0.6) is 5.75 Å². The molecule has 0 atom stereocenters. The number of nitrogens with zero attached hydrogens (tertiary/aromatic N) is 1. The van der Waals surface area contributed by atoms with Gasteiger partial charge in [-0.15, -0.1) is 0 Å². The molecule has 2 N–H and O–H groups in total. The van der Waals surface area contributed by atoms with Crippen LogP contribution >= 0.6 is 0 Å². The summed E-state index contributed by atoms with van der Waals surface area (Å²) in [6.07, 6.45) is -4.37. The van der Waals surface area contributed by atoms with Crippen molar-refractivity contribution in [3.8, 4) is 5.75 Å². The van der Waals surface area contributed by atoms with Crippen molar-refractivity contribution in [3.05, 3.63) is 29.3 Å². The lowest BCUT2D eigenvalue weighted by atomic mass is 10.1. The molecule has 0 saturated heterocycles. The predicted molar refractivity (Wildman–Crippen MR) is 87.4 cm³/mol. The van der Waals surface area contributed by atoms with Gasteiger partial charge in [-0.3, -0.25) is 0 Å². The number of nitrogens with one attached hydrogen (secondary N) is 2. The Labute approximate surface area is 140 Å². The van der Waals surface area contributed by atoms with Crippen LogP contribution in [-0.2, 0) is 11.3 Å². The van der Waals surface area contributed by atoms with Gasteiger partial charge in [-0.25, -0.2) is 4.99 Å². The van der Waals surface area contributed by atoms with Gasteiger partial charge in [-0.2, -0.15) is 13.2 Å². The Hall–Kier alpha value is -1.96. The summed E-state index contributed by atoms with van der Waals surface area (Å²) in [7, 11) is 1.60. The molecule has 0 amide bonds. The van der Waals surface area contributed by atoms with Crippen molar-refractivity contribution in [3.63, 3.8) is 0 Å². The Balaban J connectivity index is 2.81. The van der Waals surface area contributed by atoms with Gasteiger partial charge in [0.25, 0.3) is 0 Å². The summed E-state index contributed by atoms with van der Waals surface area (Å²) in [6.45, 7) is 4.38. The zero-order chi connectivity index (χ0) is 18.0. The summed E-state index contributed by atoms with van der Waals surface area (Å²) in [6, 6.07) is 5.13. The molecule has 0 aromatic heterocycles. The number of aryl methyl sites for hydroxylation is 1. The average molecular weight is 347 g/mol. The van der Waals surface area contributed by atoms with E-state index in [1.54, 1.807) is 26.2 Å².